The van der Waals surface area contributed by atoms with Crippen molar-refractivity contribution < 1.29 is 14.7 Å². The summed E-state index contributed by atoms with van der Waals surface area (Å²) in [6.45, 7) is 2.62. The van der Waals surface area contributed by atoms with Crippen molar-refractivity contribution >= 4 is 11.6 Å². The van der Waals surface area contributed by atoms with Gasteiger partial charge in [-0.25, -0.2) is 0 Å². The Kier molecular flexibility index (Phi) is 5.96. The van der Waals surface area contributed by atoms with Gasteiger partial charge in [0.15, 0.2) is 22.6 Å². The first-order valence-corrected chi connectivity index (χ1v) is 9.70. The van der Waals surface area contributed by atoms with Gasteiger partial charge in [-0.3, -0.25) is 9.59 Å². The summed E-state index contributed by atoms with van der Waals surface area (Å²) in [7, 11) is 0. The molecule has 0 radical (unpaired) electrons. The standard InChI is InChI=1S/C26H23NO3/c1-19(28)25(18-27,22-14-8-4-9-15-22)24(21-12-6-3-7-13-21)26(30,20(2)29)23-16-10-5-11-17-23/h3-17,24,30H,1-2H3. The summed E-state index contributed by atoms with van der Waals surface area (Å²) in [5.74, 6) is -2.14. The number of rotatable bonds is 7. The summed E-state index contributed by atoms with van der Waals surface area (Å²) < 4.78 is 0. The molecule has 3 atom stereocenters. The predicted molar refractivity (Wildman–Crippen MR) is 115 cm³/mol. The summed E-state index contributed by atoms with van der Waals surface area (Å²) in [6.07, 6.45) is 0. The number of nitrogens with zero attached hydrogens (tertiary/aromatic N) is 1. The summed E-state index contributed by atoms with van der Waals surface area (Å²) >= 11 is 0. The number of ketones is 2. The fraction of sp³-hybridized carbons (Fsp3) is 0.192. The van der Waals surface area contributed by atoms with Crippen LogP contribution in [0.5, 0.6) is 0 Å². The van der Waals surface area contributed by atoms with Gasteiger partial charge < -0.3 is 5.11 Å². The maximum atomic E-state index is 13.2. The highest BCUT2D eigenvalue weighted by Gasteiger charge is 2.58. The van der Waals surface area contributed by atoms with Crippen LogP contribution in [0.2, 0.25) is 0 Å². The van der Waals surface area contributed by atoms with E-state index in [0.29, 0.717) is 16.7 Å². The van der Waals surface area contributed by atoms with Crippen LogP contribution in [-0.4, -0.2) is 16.7 Å². The highest BCUT2D eigenvalue weighted by Crippen LogP contribution is 2.50. The molecule has 3 aromatic rings. The Labute approximate surface area is 176 Å². The number of hydrogen-bond donors (Lipinski definition) is 1. The van der Waals surface area contributed by atoms with Crippen molar-refractivity contribution in [1.29, 1.82) is 5.26 Å². The highest BCUT2D eigenvalue weighted by molar-refractivity contribution is 5.96. The number of aliphatic hydroxyl groups is 1. The van der Waals surface area contributed by atoms with E-state index >= 15 is 0 Å². The molecule has 0 aliphatic carbocycles. The molecule has 0 fully saturated rings. The van der Waals surface area contributed by atoms with E-state index in [1.165, 1.54) is 13.8 Å². The molecule has 0 amide bonds. The van der Waals surface area contributed by atoms with Crippen LogP contribution in [0.25, 0.3) is 0 Å². The minimum atomic E-state index is -2.10. The van der Waals surface area contributed by atoms with Crippen LogP contribution in [0.15, 0.2) is 91.0 Å². The zero-order chi connectivity index (χ0) is 21.8. The fourth-order valence-corrected chi connectivity index (χ4v) is 4.20. The lowest BCUT2D eigenvalue weighted by Gasteiger charge is -2.43. The quantitative estimate of drug-likeness (QED) is 0.645. The van der Waals surface area contributed by atoms with Gasteiger partial charge in [-0.15, -0.1) is 0 Å². The van der Waals surface area contributed by atoms with Gasteiger partial charge in [0, 0.05) is 0 Å². The van der Waals surface area contributed by atoms with Gasteiger partial charge in [-0.1, -0.05) is 91.0 Å². The molecule has 1 N–H and O–H groups in total. The monoisotopic (exact) mass is 397 g/mol. The van der Waals surface area contributed by atoms with Gasteiger partial charge >= 0.3 is 0 Å². The van der Waals surface area contributed by atoms with Crippen molar-refractivity contribution in [2.24, 2.45) is 0 Å². The van der Waals surface area contributed by atoms with E-state index in [-0.39, 0.29) is 0 Å². The minimum Gasteiger partial charge on any atom is -0.377 e. The topological polar surface area (TPSA) is 78.2 Å². The van der Waals surface area contributed by atoms with Crippen LogP contribution in [0.4, 0.5) is 0 Å². The Morgan fingerprint density at radius 2 is 1.20 bits per heavy atom. The number of benzene rings is 3. The Morgan fingerprint density at radius 3 is 1.60 bits per heavy atom. The van der Waals surface area contributed by atoms with E-state index < -0.39 is 28.5 Å². The third-order valence-electron chi connectivity index (χ3n) is 5.70. The second kappa shape index (κ2) is 8.44. The Bertz CT molecular complexity index is 1070. The van der Waals surface area contributed by atoms with Crippen LogP contribution < -0.4 is 0 Å². The molecular weight excluding hydrogens is 374 g/mol. The van der Waals surface area contributed by atoms with E-state index in [1.54, 1.807) is 91.0 Å². The average Bonchev–Trinajstić information content (AvgIpc) is 2.78. The maximum Gasteiger partial charge on any atom is 0.166 e. The van der Waals surface area contributed by atoms with E-state index in [9.17, 15) is 20.0 Å². The Balaban J connectivity index is 2.45. The van der Waals surface area contributed by atoms with Crippen molar-refractivity contribution in [1.82, 2.24) is 0 Å². The first-order chi connectivity index (χ1) is 14.4. The number of hydrogen-bond acceptors (Lipinski definition) is 4. The first-order valence-electron chi connectivity index (χ1n) is 9.70. The van der Waals surface area contributed by atoms with Gasteiger partial charge in [0.25, 0.3) is 0 Å². The second-order valence-corrected chi connectivity index (χ2v) is 7.37. The molecule has 4 heteroatoms. The van der Waals surface area contributed by atoms with Crippen LogP contribution >= 0.6 is 0 Å². The zero-order valence-corrected chi connectivity index (χ0v) is 16.9. The van der Waals surface area contributed by atoms with Crippen molar-refractivity contribution in [3.63, 3.8) is 0 Å². The van der Waals surface area contributed by atoms with Gasteiger partial charge in [-0.2, -0.15) is 5.26 Å². The van der Waals surface area contributed by atoms with Gasteiger partial charge in [0.05, 0.1) is 12.0 Å². The third kappa shape index (κ3) is 3.34. The van der Waals surface area contributed by atoms with Crippen molar-refractivity contribution in [2.75, 3.05) is 0 Å². The van der Waals surface area contributed by atoms with Crippen LogP contribution in [0, 0.1) is 11.3 Å². The minimum absolute atomic E-state index is 0.336. The average molecular weight is 397 g/mol. The number of nitriles is 1. The predicted octanol–water partition coefficient (Wildman–Crippen LogP) is 4.30. The molecule has 0 saturated heterocycles. The van der Waals surface area contributed by atoms with Crippen molar-refractivity contribution in [3.8, 4) is 6.07 Å². The normalized spacial score (nSPS) is 15.8. The molecule has 0 heterocycles. The molecule has 4 nitrogen and oxygen atoms in total. The van der Waals surface area contributed by atoms with Crippen molar-refractivity contribution in [3.05, 3.63) is 108 Å². The van der Waals surface area contributed by atoms with Crippen LogP contribution in [0.1, 0.15) is 36.5 Å². The SMILES string of the molecule is CC(=O)C(O)(c1ccccc1)C(c1ccccc1)C(C#N)(C(C)=O)c1ccccc1. The maximum absolute atomic E-state index is 13.2. The van der Waals surface area contributed by atoms with Crippen LogP contribution in [-0.2, 0) is 20.6 Å². The molecule has 0 aliphatic heterocycles. The van der Waals surface area contributed by atoms with Gasteiger partial charge in [0.1, 0.15) is 0 Å². The molecule has 3 aromatic carbocycles. The number of carbonyl (C=O) groups excluding carboxylic acids is 2. The number of carbonyl (C=O) groups is 2. The Hall–Kier alpha value is -3.55. The third-order valence-corrected chi connectivity index (χ3v) is 5.70. The lowest BCUT2D eigenvalue weighted by molar-refractivity contribution is -0.142. The Morgan fingerprint density at radius 1 is 0.767 bits per heavy atom. The van der Waals surface area contributed by atoms with Crippen LogP contribution in [0.3, 0.4) is 0 Å². The molecule has 3 unspecified atom stereocenters. The highest BCUT2D eigenvalue weighted by atomic mass is 16.3. The van der Waals surface area contributed by atoms with Gasteiger partial charge in [0.2, 0.25) is 0 Å². The molecule has 150 valence electrons. The molecule has 3 rings (SSSR count). The van der Waals surface area contributed by atoms with E-state index in [0.717, 1.165) is 0 Å². The molecule has 30 heavy (non-hydrogen) atoms. The van der Waals surface area contributed by atoms with E-state index in [2.05, 4.69) is 6.07 Å². The number of Topliss-reactive ketones (excluding diaryl/α,β-unsaturated/α-hetero) is 2. The molecule has 0 saturated carbocycles. The lowest BCUT2D eigenvalue weighted by atomic mass is 9.57. The summed E-state index contributed by atoms with van der Waals surface area (Å²) in [5, 5.41) is 22.4. The smallest absolute Gasteiger partial charge is 0.166 e. The van der Waals surface area contributed by atoms with Gasteiger partial charge in [-0.05, 0) is 30.5 Å². The molecular formula is C26H23NO3. The van der Waals surface area contributed by atoms with Crippen molar-refractivity contribution in [2.45, 2.75) is 30.8 Å². The largest absolute Gasteiger partial charge is 0.377 e. The molecule has 0 bridgehead atoms. The summed E-state index contributed by atoms with van der Waals surface area (Å²) in [5.41, 5.74) is -2.58. The first kappa shape index (κ1) is 21.2. The molecule has 0 aliphatic rings. The second-order valence-electron chi connectivity index (χ2n) is 7.37. The summed E-state index contributed by atoms with van der Waals surface area (Å²) in [4.78, 5) is 26.2. The lowest BCUT2D eigenvalue weighted by Crippen LogP contribution is -2.53. The van der Waals surface area contributed by atoms with E-state index in [4.69, 9.17) is 0 Å². The molecule has 0 spiro atoms. The van der Waals surface area contributed by atoms with E-state index in [1.807, 2.05) is 0 Å². The summed E-state index contributed by atoms with van der Waals surface area (Å²) in [6, 6.07) is 28.1. The molecule has 0 aromatic heterocycles. The zero-order valence-electron chi connectivity index (χ0n) is 16.9. The fourth-order valence-electron chi connectivity index (χ4n) is 4.20.